The van der Waals surface area contributed by atoms with Gasteiger partial charge in [0.1, 0.15) is 11.9 Å². The molecule has 0 radical (unpaired) electrons. The summed E-state index contributed by atoms with van der Waals surface area (Å²) in [7, 11) is 0. The second kappa shape index (κ2) is 5.60. The minimum atomic E-state index is 0.659. The van der Waals surface area contributed by atoms with Crippen LogP contribution in [0.1, 0.15) is 5.69 Å². The van der Waals surface area contributed by atoms with Gasteiger partial charge in [-0.05, 0) is 36.6 Å². The predicted octanol–water partition coefficient (Wildman–Crippen LogP) is 6.05. The second-order valence-electron chi connectivity index (χ2n) is 6.99. The minimum absolute atomic E-state index is 0.659. The number of hydrogen-bond acceptors (Lipinski definition) is 4. The molecule has 0 saturated carbocycles. The van der Waals surface area contributed by atoms with E-state index in [0.717, 1.165) is 49.6 Å². The van der Waals surface area contributed by atoms with Crippen molar-refractivity contribution in [1.82, 2.24) is 15.0 Å². The van der Waals surface area contributed by atoms with E-state index in [2.05, 4.69) is 57.4 Å². The molecule has 0 aliphatic heterocycles. The van der Waals surface area contributed by atoms with Gasteiger partial charge in [-0.2, -0.15) is 0 Å². The van der Waals surface area contributed by atoms with E-state index in [9.17, 15) is 0 Å². The molecule has 0 N–H and O–H groups in total. The first-order chi connectivity index (χ1) is 13.8. The van der Waals surface area contributed by atoms with E-state index in [1.54, 1.807) is 6.33 Å². The van der Waals surface area contributed by atoms with Crippen LogP contribution in [0, 0.1) is 6.92 Å². The number of benzene rings is 3. The van der Waals surface area contributed by atoms with Crippen molar-refractivity contribution < 1.29 is 4.42 Å². The van der Waals surface area contributed by atoms with Gasteiger partial charge >= 0.3 is 0 Å². The fraction of sp³-hybridized carbons (Fsp3) is 0.0417. The van der Waals surface area contributed by atoms with Gasteiger partial charge in [0.25, 0.3) is 0 Å². The zero-order valence-electron chi connectivity index (χ0n) is 15.2. The van der Waals surface area contributed by atoms with E-state index in [-0.39, 0.29) is 0 Å². The normalized spacial score (nSPS) is 11.8. The molecule has 3 aromatic carbocycles. The Balaban J connectivity index is 1.73. The van der Waals surface area contributed by atoms with Crippen LogP contribution >= 0.6 is 0 Å². The van der Waals surface area contributed by atoms with Crippen molar-refractivity contribution in [2.75, 3.05) is 0 Å². The number of fused-ring (bicyclic) bond motifs is 6. The van der Waals surface area contributed by atoms with Crippen molar-refractivity contribution in [3.63, 3.8) is 0 Å². The molecule has 6 rings (SSSR count). The molecule has 4 nitrogen and oxygen atoms in total. The highest BCUT2D eigenvalue weighted by atomic mass is 16.3. The Kier molecular flexibility index (Phi) is 3.06. The van der Waals surface area contributed by atoms with Crippen LogP contribution in [0.3, 0.4) is 0 Å². The highest BCUT2D eigenvalue weighted by Gasteiger charge is 2.16. The lowest BCUT2D eigenvalue weighted by atomic mass is 10.0. The summed E-state index contributed by atoms with van der Waals surface area (Å²) in [6.07, 6.45) is 1.63. The maximum Gasteiger partial charge on any atom is 0.227 e. The van der Waals surface area contributed by atoms with E-state index in [1.165, 1.54) is 5.39 Å². The highest BCUT2D eigenvalue weighted by molar-refractivity contribution is 6.13. The minimum Gasteiger partial charge on any atom is -0.437 e. The Labute approximate surface area is 160 Å². The Bertz CT molecular complexity index is 1530. The molecule has 28 heavy (non-hydrogen) atoms. The van der Waals surface area contributed by atoms with Gasteiger partial charge in [0, 0.05) is 32.8 Å². The van der Waals surface area contributed by atoms with Crippen LogP contribution in [-0.2, 0) is 0 Å². The van der Waals surface area contributed by atoms with Crippen LogP contribution in [0.15, 0.2) is 77.5 Å². The number of pyridine rings is 1. The fourth-order valence-electron chi connectivity index (χ4n) is 3.97. The molecule has 132 valence electrons. The van der Waals surface area contributed by atoms with Crippen LogP contribution in [0.25, 0.3) is 55.0 Å². The smallest absolute Gasteiger partial charge is 0.227 e. The van der Waals surface area contributed by atoms with Gasteiger partial charge in [0.2, 0.25) is 5.71 Å². The van der Waals surface area contributed by atoms with Gasteiger partial charge in [-0.25, -0.2) is 15.0 Å². The van der Waals surface area contributed by atoms with E-state index in [1.807, 2.05) is 31.2 Å². The van der Waals surface area contributed by atoms with Gasteiger partial charge in [0.15, 0.2) is 0 Å². The lowest BCUT2D eigenvalue weighted by molar-refractivity contribution is 0.653. The number of nitrogens with zero attached hydrogens (tertiary/aromatic N) is 3. The molecule has 0 saturated heterocycles. The summed E-state index contributed by atoms with van der Waals surface area (Å²) in [6, 6.07) is 22.7. The van der Waals surface area contributed by atoms with Crippen molar-refractivity contribution in [2.24, 2.45) is 0 Å². The fourth-order valence-corrected chi connectivity index (χ4v) is 3.97. The van der Waals surface area contributed by atoms with Crippen molar-refractivity contribution in [1.29, 1.82) is 0 Å². The topological polar surface area (TPSA) is 51.8 Å². The highest BCUT2D eigenvalue weighted by Crippen LogP contribution is 2.37. The third-order valence-corrected chi connectivity index (χ3v) is 5.29. The largest absolute Gasteiger partial charge is 0.437 e. The van der Waals surface area contributed by atoms with Gasteiger partial charge in [0.05, 0.1) is 11.2 Å². The first-order valence-electron chi connectivity index (χ1n) is 9.21. The van der Waals surface area contributed by atoms with Crippen LogP contribution in [0.2, 0.25) is 0 Å². The van der Waals surface area contributed by atoms with E-state index in [0.29, 0.717) is 5.71 Å². The van der Waals surface area contributed by atoms with E-state index >= 15 is 0 Å². The Morgan fingerprint density at radius 1 is 0.714 bits per heavy atom. The lowest BCUT2D eigenvalue weighted by Gasteiger charge is -2.08. The van der Waals surface area contributed by atoms with Crippen molar-refractivity contribution in [3.8, 4) is 11.3 Å². The molecule has 0 fully saturated rings. The monoisotopic (exact) mass is 361 g/mol. The first kappa shape index (κ1) is 15.3. The number of furan rings is 1. The average molecular weight is 361 g/mol. The summed E-state index contributed by atoms with van der Waals surface area (Å²) < 4.78 is 6.18. The molecule has 0 unspecified atom stereocenters. The molecule has 3 aromatic heterocycles. The molecule has 6 aromatic rings. The number of aromatic nitrogens is 3. The van der Waals surface area contributed by atoms with Crippen molar-refractivity contribution in [3.05, 3.63) is 78.8 Å². The Morgan fingerprint density at radius 2 is 1.57 bits per heavy atom. The third kappa shape index (κ3) is 2.09. The Hall–Kier alpha value is -3.79. The standard InChI is InChI=1S/C24H15N3O/c1-14-9-11-18-17-7-4-8-20(23(17)28-24(18)27-14)22-19-12-10-15-5-2-3-6-16(15)21(19)25-13-26-22/h2-13H,1H3. The van der Waals surface area contributed by atoms with Gasteiger partial charge in [-0.3, -0.25) is 0 Å². The molecular weight excluding hydrogens is 346 g/mol. The number of aryl methyl sites for hydroxylation is 1. The SMILES string of the molecule is Cc1ccc2c(n1)oc1c(-c3ncnc4c3ccc3ccccc34)cccc12. The summed E-state index contributed by atoms with van der Waals surface area (Å²) in [5.74, 6) is 0. The van der Waals surface area contributed by atoms with Crippen LogP contribution < -0.4 is 0 Å². The number of hydrogen-bond donors (Lipinski definition) is 0. The number of rotatable bonds is 1. The zero-order chi connectivity index (χ0) is 18.7. The quantitative estimate of drug-likeness (QED) is 0.334. The summed E-state index contributed by atoms with van der Waals surface area (Å²) in [4.78, 5) is 13.8. The van der Waals surface area contributed by atoms with Gasteiger partial charge in [-0.15, -0.1) is 0 Å². The van der Waals surface area contributed by atoms with Crippen LogP contribution in [-0.4, -0.2) is 15.0 Å². The van der Waals surface area contributed by atoms with Crippen molar-refractivity contribution in [2.45, 2.75) is 6.92 Å². The molecule has 3 heterocycles. The molecule has 0 bridgehead atoms. The molecule has 0 atom stereocenters. The summed E-state index contributed by atoms with van der Waals surface area (Å²) in [5, 5.41) is 5.37. The average Bonchev–Trinajstić information content (AvgIpc) is 3.10. The predicted molar refractivity (Wildman–Crippen MR) is 112 cm³/mol. The lowest BCUT2D eigenvalue weighted by Crippen LogP contribution is -1.90. The molecular formula is C24H15N3O. The maximum absolute atomic E-state index is 6.18. The van der Waals surface area contributed by atoms with E-state index in [4.69, 9.17) is 4.42 Å². The summed E-state index contributed by atoms with van der Waals surface area (Å²) >= 11 is 0. The van der Waals surface area contributed by atoms with Gasteiger partial charge < -0.3 is 4.42 Å². The van der Waals surface area contributed by atoms with Crippen LogP contribution in [0.5, 0.6) is 0 Å². The molecule has 0 spiro atoms. The third-order valence-electron chi connectivity index (χ3n) is 5.29. The zero-order valence-corrected chi connectivity index (χ0v) is 15.2. The van der Waals surface area contributed by atoms with E-state index < -0.39 is 0 Å². The van der Waals surface area contributed by atoms with Gasteiger partial charge in [-0.1, -0.05) is 42.5 Å². The maximum atomic E-state index is 6.18. The van der Waals surface area contributed by atoms with Crippen molar-refractivity contribution >= 4 is 43.7 Å². The second-order valence-corrected chi connectivity index (χ2v) is 6.99. The Morgan fingerprint density at radius 3 is 2.54 bits per heavy atom. The van der Waals surface area contributed by atoms with Crippen LogP contribution in [0.4, 0.5) is 0 Å². The summed E-state index contributed by atoms with van der Waals surface area (Å²) in [6.45, 7) is 1.97. The molecule has 0 amide bonds. The molecule has 0 aliphatic carbocycles. The summed E-state index contributed by atoms with van der Waals surface area (Å²) in [5.41, 5.74) is 5.18. The first-order valence-corrected chi connectivity index (χ1v) is 9.21. The number of para-hydroxylation sites is 1. The molecule has 0 aliphatic rings. The molecule has 4 heteroatoms.